The van der Waals surface area contributed by atoms with Gasteiger partial charge in [0.25, 0.3) is 17.0 Å². The summed E-state index contributed by atoms with van der Waals surface area (Å²) in [5.41, 5.74) is 5.17. The van der Waals surface area contributed by atoms with Gasteiger partial charge in [-0.05, 0) is 32.9 Å². The van der Waals surface area contributed by atoms with Gasteiger partial charge in [-0.1, -0.05) is 18.2 Å². The zero-order valence-electron chi connectivity index (χ0n) is 30.2. The number of aromatic amines is 3. The normalized spacial score (nSPS) is 11.0. The van der Waals surface area contributed by atoms with Crippen molar-refractivity contribution in [2.75, 3.05) is 39.3 Å². The number of nitrogens with two attached hydrogens (primary N) is 1. The lowest BCUT2D eigenvalue weighted by Gasteiger charge is -2.24. The van der Waals surface area contributed by atoms with E-state index >= 15 is 0 Å². The Balaban J connectivity index is 1.25. The van der Waals surface area contributed by atoms with E-state index in [1.54, 1.807) is 13.0 Å². The van der Waals surface area contributed by atoms with Gasteiger partial charge < -0.3 is 31.2 Å². The number of primary amides is 1. The van der Waals surface area contributed by atoms with Gasteiger partial charge in [0, 0.05) is 66.0 Å². The van der Waals surface area contributed by atoms with Crippen LogP contribution in [0.5, 0.6) is 0 Å². The number of H-pyrrole nitrogens is 3. The average molecular weight is 758 g/mol. The van der Waals surface area contributed by atoms with Gasteiger partial charge in [0.15, 0.2) is 0 Å². The van der Waals surface area contributed by atoms with Crippen molar-refractivity contribution in [1.29, 1.82) is 0 Å². The molecule has 7 N–H and O–H groups in total. The van der Waals surface area contributed by atoms with Crippen molar-refractivity contribution in [3.8, 4) is 0 Å². The van der Waals surface area contributed by atoms with Crippen LogP contribution in [0.1, 0.15) is 27.3 Å². The number of aryl methyl sites for hydroxylation is 3. The number of aromatic nitrogens is 6. The second kappa shape index (κ2) is 16.7. The first-order chi connectivity index (χ1) is 26.1. The van der Waals surface area contributed by atoms with E-state index < -0.39 is 78.2 Å². The molecule has 0 aliphatic carbocycles. The van der Waals surface area contributed by atoms with Crippen molar-refractivity contribution in [3.05, 3.63) is 107 Å². The number of amides is 5. The molecule has 0 aliphatic rings. The maximum Gasteiger partial charge on any atom is 0.328 e. The Bertz CT molecular complexity index is 2560. The summed E-state index contributed by atoms with van der Waals surface area (Å²) >= 11 is 0. The fraction of sp³-hybridized carbons (Fsp3) is 0.314. The third-order valence-corrected chi connectivity index (χ3v) is 8.66. The smallest absolute Gasteiger partial charge is 0.328 e. The van der Waals surface area contributed by atoms with E-state index in [-0.39, 0.29) is 43.0 Å². The van der Waals surface area contributed by atoms with E-state index in [1.165, 1.54) is 26.2 Å². The highest BCUT2D eigenvalue weighted by Crippen LogP contribution is 2.27. The van der Waals surface area contributed by atoms with Crippen LogP contribution in [0.25, 0.3) is 21.8 Å². The molecule has 0 radical (unpaired) electrons. The molecule has 288 valence electrons. The molecule has 0 atom stereocenters. The summed E-state index contributed by atoms with van der Waals surface area (Å²) in [6.07, 6.45) is 2.40. The maximum atomic E-state index is 13.5. The van der Waals surface area contributed by atoms with Crippen molar-refractivity contribution in [1.82, 2.24) is 49.5 Å². The number of hydrogen-bond donors (Lipinski definition) is 6. The molecule has 55 heavy (non-hydrogen) atoms. The van der Waals surface area contributed by atoms with Crippen LogP contribution in [0, 0.1) is 20.8 Å². The minimum absolute atomic E-state index is 0.117. The molecule has 0 unspecified atom stereocenters. The fourth-order valence-electron chi connectivity index (χ4n) is 5.81. The third kappa shape index (κ3) is 9.47. The molecule has 0 fully saturated rings. The van der Waals surface area contributed by atoms with Gasteiger partial charge in [-0.3, -0.25) is 52.7 Å². The molecule has 20 heteroatoms. The van der Waals surface area contributed by atoms with Gasteiger partial charge in [-0.15, -0.1) is 0 Å². The molecule has 5 aromatic rings. The number of rotatable bonds is 15. The van der Waals surface area contributed by atoms with Crippen LogP contribution in [0.4, 0.5) is 0 Å². The Morgan fingerprint density at radius 3 is 1.87 bits per heavy atom. The van der Waals surface area contributed by atoms with Gasteiger partial charge in [-0.25, -0.2) is 14.6 Å². The zero-order valence-corrected chi connectivity index (χ0v) is 30.2. The van der Waals surface area contributed by atoms with Crippen molar-refractivity contribution in [2.24, 2.45) is 5.73 Å². The Kier molecular flexibility index (Phi) is 11.9. The first-order valence-electron chi connectivity index (χ1n) is 17.0. The minimum Gasteiger partial charge on any atom is -0.368 e. The molecule has 20 nitrogen and oxygen atoms in total. The molecule has 4 aromatic heterocycles. The maximum absolute atomic E-state index is 13.5. The van der Waals surface area contributed by atoms with Crippen LogP contribution >= 0.6 is 0 Å². The number of carbonyl (C=O) groups excluding carboxylic acids is 5. The number of nitrogens with one attached hydrogen (secondary N) is 5. The number of carbonyl (C=O) groups is 5. The van der Waals surface area contributed by atoms with Crippen LogP contribution < -0.4 is 38.9 Å². The topological polar surface area (TPSA) is 280 Å². The molecule has 4 heterocycles. The van der Waals surface area contributed by atoms with E-state index in [4.69, 9.17) is 5.73 Å². The van der Waals surface area contributed by atoms with Gasteiger partial charge in [0.05, 0.1) is 24.3 Å². The lowest BCUT2D eigenvalue weighted by Crippen LogP contribution is -2.48. The van der Waals surface area contributed by atoms with Gasteiger partial charge in [0.1, 0.15) is 18.8 Å². The largest absolute Gasteiger partial charge is 0.368 e. The Morgan fingerprint density at radius 2 is 1.29 bits per heavy atom. The van der Waals surface area contributed by atoms with Crippen LogP contribution in [0.2, 0.25) is 0 Å². The number of fused-ring (bicyclic) bond motifs is 3. The van der Waals surface area contributed by atoms with Crippen molar-refractivity contribution < 1.29 is 24.0 Å². The van der Waals surface area contributed by atoms with Gasteiger partial charge in [-0.2, -0.15) is 0 Å². The molecule has 0 bridgehead atoms. The van der Waals surface area contributed by atoms with E-state index in [9.17, 15) is 43.2 Å². The molecule has 0 spiro atoms. The van der Waals surface area contributed by atoms with Crippen LogP contribution in [-0.4, -0.2) is 108 Å². The SMILES string of the molecule is Cc1cn(CC(=O)N(CCNC(=O)CN(CCNC(=O)c2cc3c([nH]c4ccccc43)c(C)n2)C(=O)Cn2cc(C)c(=O)[nH]c2=O)CC(N)=O)c(=O)[nH]c1=O. The van der Waals surface area contributed by atoms with Gasteiger partial charge in [0.2, 0.25) is 23.6 Å². The first-order valence-corrected chi connectivity index (χ1v) is 17.0. The number of hydrogen-bond acceptors (Lipinski definition) is 10. The summed E-state index contributed by atoms with van der Waals surface area (Å²) in [4.78, 5) is 127. The predicted octanol–water partition coefficient (Wildman–Crippen LogP) is -2.27. The standard InChI is InChI=1S/C35H39N11O9/c1-19-13-45(34(54)41-31(19)51)17-28(49)43(15-26(36)47)10-8-37-27(48)16-44(29(50)18-46-14-20(2)32(52)42-35(46)55)11-9-38-33(53)25-12-23-22-6-4-5-7-24(22)40-30(23)21(3)39-25/h4-7,12-14,40H,8-11,15-18H2,1-3H3,(H2,36,47)(H,37,48)(H,38,53)(H,41,51,54)(H,42,52,55). The first kappa shape index (κ1) is 39.1. The Morgan fingerprint density at radius 1 is 0.745 bits per heavy atom. The van der Waals surface area contributed by atoms with Crippen LogP contribution in [-0.2, 0) is 32.3 Å². The van der Waals surface area contributed by atoms with Crippen molar-refractivity contribution in [2.45, 2.75) is 33.9 Å². The molecule has 0 saturated heterocycles. The highest BCUT2D eigenvalue weighted by Gasteiger charge is 2.22. The molecular formula is C35H39N11O9. The number of nitrogens with zero attached hydrogens (tertiary/aromatic N) is 5. The van der Waals surface area contributed by atoms with E-state index in [0.717, 1.165) is 40.7 Å². The molecule has 5 rings (SSSR count). The fourth-order valence-corrected chi connectivity index (χ4v) is 5.81. The highest BCUT2D eigenvalue weighted by molar-refractivity contribution is 6.10. The van der Waals surface area contributed by atoms with Crippen molar-refractivity contribution >= 4 is 51.3 Å². The molecule has 0 saturated carbocycles. The summed E-state index contributed by atoms with van der Waals surface area (Å²) in [7, 11) is 0. The summed E-state index contributed by atoms with van der Waals surface area (Å²) in [5.74, 6) is -3.48. The summed E-state index contributed by atoms with van der Waals surface area (Å²) in [6.45, 7) is 1.81. The number of pyridine rings is 1. The molecular weight excluding hydrogens is 718 g/mol. The van der Waals surface area contributed by atoms with Crippen LogP contribution in [0.3, 0.4) is 0 Å². The average Bonchev–Trinajstić information content (AvgIpc) is 3.51. The van der Waals surface area contributed by atoms with E-state index in [2.05, 4.69) is 30.6 Å². The van der Waals surface area contributed by atoms with E-state index in [0.29, 0.717) is 5.69 Å². The highest BCUT2D eigenvalue weighted by atomic mass is 16.2. The number of benzene rings is 1. The van der Waals surface area contributed by atoms with Crippen molar-refractivity contribution in [3.63, 3.8) is 0 Å². The van der Waals surface area contributed by atoms with E-state index in [1.807, 2.05) is 24.3 Å². The predicted molar refractivity (Wildman–Crippen MR) is 198 cm³/mol. The summed E-state index contributed by atoms with van der Waals surface area (Å²) in [5, 5.41) is 6.99. The zero-order chi connectivity index (χ0) is 40.0. The Hall–Kier alpha value is -7.12. The lowest BCUT2D eigenvalue weighted by molar-refractivity contribution is -0.137. The van der Waals surface area contributed by atoms with Gasteiger partial charge >= 0.3 is 11.4 Å². The molecule has 1 aromatic carbocycles. The second-order valence-electron chi connectivity index (χ2n) is 12.8. The summed E-state index contributed by atoms with van der Waals surface area (Å²) < 4.78 is 1.94. The Labute approximate surface area is 310 Å². The summed E-state index contributed by atoms with van der Waals surface area (Å²) in [6, 6.07) is 9.26. The van der Waals surface area contributed by atoms with Crippen LogP contribution in [0.15, 0.2) is 61.9 Å². The third-order valence-electron chi connectivity index (χ3n) is 8.66. The molecule has 5 amide bonds. The quantitative estimate of drug-likeness (QED) is 0.0666. The number of para-hydroxylation sites is 1. The second-order valence-corrected chi connectivity index (χ2v) is 12.8. The monoisotopic (exact) mass is 757 g/mol. The minimum atomic E-state index is -0.858. The molecule has 0 aliphatic heterocycles. The lowest BCUT2D eigenvalue weighted by atomic mass is 10.1.